The molecular weight excluding hydrogens is 439 g/mol. The first-order valence-corrected chi connectivity index (χ1v) is 11.1. The van der Waals surface area contributed by atoms with Crippen LogP contribution in [0.25, 0.3) is 0 Å². The monoisotopic (exact) mass is 466 g/mol. The summed E-state index contributed by atoms with van der Waals surface area (Å²) in [6.07, 6.45) is -2.66. The normalized spacial score (nSPS) is 25.5. The third-order valence-corrected chi connectivity index (χ3v) is 5.39. The molecular formula is C17H27N2O11P. The molecule has 5 atom stereocenters. The summed E-state index contributed by atoms with van der Waals surface area (Å²) in [7, 11) is -4.51. The number of hydrogen-bond donors (Lipinski definition) is 4. The molecule has 0 amide bonds. The summed E-state index contributed by atoms with van der Waals surface area (Å²) < 4.78 is 33.1. The van der Waals surface area contributed by atoms with Crippen molar-refractivity contribution in [1.29, 1.82) is 0 Å². The van der Waals surface area contributed by atoms with Crippen molar-refractivity contribution in [1.82, 2.24) is 9.55 Å². The number of nitrogens with zero attached hydrogens (tertiary/aromatic N) is 1. The standard InChI is InChI=1S/C17H27N2O11P/c1-10(2)29-14(22)4-3-7-27-31(25,26)28-9-12-11(8-20)15(23)16(30-12)19-6-5-13(21)18-17(19)24/h5-6,10-12,15-16,20,23H,3-4,7-9H2,1-2H3,(H,25,26)(H,18,21,24)/t11-,12-,15-,16-/m1/s1. The van der Waals surface area contributed by atoms with Gasteiger partial charge in [0.1, 0.15) is 6.10 Å². The van der Waals surface area contributed by atoms with Crippen LogP contribution in [0.15, 0.2) is 21.9 Å². The van der Waals surface area contributed by atoms with E-state index in [2.05, 4.69) is 0 Å². The van der Waals surface area contributed by atoms with E-state index in [1.54, 1.807) is 13.8 Å². The Morgan fingerprint density at radius 3 is 2.68 bits per heavy atom. The van der Waals surface area contributed by atoms with Gasteiger partial charge in [0, 0.05) is 24.6 Å². The number of hydrogen-bond acceptors (Lipinski definition) is 10. The second-order valence-electron chi connectivity index (χ2n) is 7.16. The van der Waals surface area contributed by atoms with Gasteiger partial charge in [0.2, 0.25) is 0 Å². The molecule has 13 nitrogen and oxygen atoms in total. The molecule has 1 saturated heterocycles. The Kier molecular flexibility index (Phi) is 9.13. The maximum atomic E-state index is 12.0. The third-order valence-electron chi connectivity index (χ3n) is 4.41. The van der Waals surface area contributed by atoms with Crippen molar-refractivity contribution >= 4 is 13.8 Å². The van der Waals surface area contributed by atoms with Crippen LogP contribution in [0, 0.1) is 5.92 Å². The highest BCUT2D eigenvalue weighted by atomic mass is 31.2. The molecule has 1 aliphatic heterocycles. The quantitative estimate of drug-likeness (QED) is 0.183. The molecule has 176 valence electrons. The Labute approximate surface area is 177 Å². The van der Waals surface area contributed by atoms with E-state index >= 15 is 0 Å². The van der Waals surface area contributed by atoms with Crippen molar-refractivity contribution in [2.24, 2.45) is 5.92 Å². The summed E-state index contributed by atoms with van der Waals surface area (Å²) in [4.78, 5) is 46.4. The zero-order valence-electron chi connectivity index (χ0n) is 17.1. The van der Waals surface area contributed by atoms with Crippen LogP contribution in [0.2, 0.25) is 0 Å². The van der Waals surface area contributed by atoms with E-state index in [0.29, 0.717) is 0 Å². The van der Waals surface area contributed by atoms with Gasteiger partial charge < -0.3 is 24.6 Å². The number of carbonyl (C=O) groups is 1. The number of rotatable bonds is 11. The van der Waals surface area contributed by atoms with Gasteiger partial charge in [0.15, 0.2) is 6.23 Å². The Balaban J connectivity index is 1.89. The average Bonchev–Trinajstić information content (AvgIpc) is 2.98. The van der Waals surface area contributed by atoms with E-state index in [4.69, 9.17) is 18.5 Å². The SMILES string of the molecule is CC(C)OC(=O)CCCOP(=O)(O)OC[C@H]1O[C@@H](n2ccc(=O)[nH]c2=O)[C@H](O)[C@@H]1CO. The first-order valence-electron chi connectivity index (χ1n) is 9.61. The number of aromatic amines is 1. The predicted molar refractivity (Wildman–Crippen MR) is 104 cm³/mol. The Morgan fingerprint density at radius 2 is 2.06 bits per heavy atom. The molecule has 31 heavy (non-hydrogen) atoms. The number of ether oxygens (including phenoxy) is 2. The highest BCUT2D eigenvalue weighted by Gasteiger charge is 2.45. The average molecular weight is 466 g/mol. The third kappa shape index (κ3) is 7.35. The number of esters is 1. The molecule has 0 aliphatic carbocycles. The fourth-order valence-corrected chi connectivity index (χ4v) is 3.73. The Hall–Kier alpha value is -1.86. The van der Waals surface area contributed by atoms with E-state index in [0.717, 1.165) is 16.8 Å². The Morgan fingerprint density at radius 1 is 1.35 bits per heavy atom. The summed E-state index contributed by atoms with van der Waals surface area (Å²) in [5.41, 5.74) is -1.47. The van der Waals surface area contributed by atoms with Crippen LogP contribution in [-0.2, 0) is 27.9 Å². The minimum absolute atomic E-state index is 0.00169. The highest BCUT2D eigenvalue weighted by molar-refractivity contribution is 7.47. The van der Waals surface area contributed by atoms with Crippen molar-refractivity contribution in [2.75, 3.05) is 19.8 Å². The van der Waals surface area contributed by atoms with Crippen LogP contribution >= 0.6 is 7.82 Å². The van der Waals surface area contributed by atoms with E-state index in [1.165, 1.54) is 0 Å². The molecule has 2 heterocycles. The summed E-state index contributed by atoms with van der Waals surface area (Å²) in [5.74, 6) is -1.40. The molecule has 0 bridgehead atoms. The lowest BCUT2D eigenvalue weighted by Crippen LogP contribution is -2.36. The van der Waals surface area contributed by atoms with E-state index in [-0.39, 0.29) is 25.6 Å². The number of carbonyl (C=O) groups excluding carboxylic acids is 1. The van der Waals surface area contributed by atoms with Gasteiger partial charge in [-0.15, -0.1) is 0 Å². The molecule has 0 aromatic carbocycles. The second kappa shape index (κ2) is 11.1. The largest absolute Gasteiger partial charge is 0.472 e. The Bertz CT molecular complexity index is 899. The van der Waals surface area contributed by atoms with Gasteiger partial charge >= 0.3 is 19.5 Å². The predicted octanol–water partition coefficient (Wildman–Crippen LogP) is -0.731. The van der Waals surface area contributed by atoms with Gasteiger partial charge in [0.05, 0.1) is 32.0 Å². The van der Waals surface area contributed by atoms with Crippen LogP contribution < -0.4 is 11.2 Å². The van der Waals surface area contributed by atoms with Crippen molar-refractivity contribution in [3.63, 3.8) is 0 Å². The molecule has 0 radical (unpaired) electrons. The molecule has 0 spiro atoms. The van der Waals surface area contributed by atoms with Crippen LogP contribution in [-0.4, -0.2) is 68.8 Å². The topological polar surface area (TPSA) is 187 Å². The number of aliphatic hydroxyl groups excluding tert-OH is 2. The van der Waals surface area contributed by atoms with E-state index in [9.17, 15) is 34.1 Å². The second-order valence-corrected chi connectivity index (χ2v) is 8.61. The summed E-state index contributed by atoms with van der Waals surface area (Å²) in [6, 6.07) is 1.06. The summed E-state index contributed by atoms with van der Waals surface area (Å²) in [6.45, 7) is 2.07. The molecule has 0 saturated carbocycles. The lowest BCUT2D eigenvalue weighted by atomic mass is 9.99. The number of phosphoric ester groups is 1. The van der Waals surface area contributed by atoms with Crippen molar-refractivity contribution in [3.8, 4) is 0 Å². The van der Waals surface area contributed by atoms with Crippen LogP contribution in [0.3, 0.4) is 0 Å². The van der Waals surface area contributed by atoms with Gasteiger partial charge in [-0.1, -0.05) is 0 Å². The van der Waals surface area contributed by atoms with E-state index < -0.39 is 62.6 Å². The van der Waals surface area contributed by atoms with Crippen molar-refractivity contribution < 1.29 is 43.0 Å². The zero-order valence-corrected chi connectivity index (χ0v) is 18.0. The molecule has 1 fully saturated rings. The van der Waals surface area contributed by atoms with Crippen LogP contribution in [0.1, 0.15) is 32.9 Å². The van der Waals surface area contributed by atoms with Gasteiger partial charge in [0.25, 0.3) is 5.56 Å². The van der Waals surface area contributed by atoms with Gasteiger partial charge in [-0.05, 0) is 20.3 Å². The minimum Gasteiger partial charge on any atom is -0.463 e. The van der Waals surface area contributed by atoms with Gasteiger partial charge in [-0.2, -0.15) is 0 Å². The molecule has 1 aromatic rings. The fourth-order valence-electron chi connectivity index (χ4n) is 2.96. The maximum absolute atomic E-state index is 12.0. The minimum atomic E-state index is -4.51. The smallest absolute Gasteiger partial charge is 0.463 e. The first-order chi connectivity index (χ1) is 14.5. The van der Waals surface area contributed by atoms with Crippen LogP contribution in [0.4, 0.5) is 0 Å². The van der Waals surface area contributed by atoms with Gasteiger partial charge in [-0.3, -0.25) is 28.2 Å². The molecule has 1 aromatic heterocycles. The number of phosphoric acid groups is 1. The van der Waals surface area contributed by atoms with Gasteiger partial charge in [-0.25, -0.2) is 9.36 Å². The first kappa shape index (κ1) is 25.4. The number of aliphatic hydroxyl groups is 2. The molecule has 14 heteroatoms. The highest BCUT2D eigenvalue weighted by Crippen LogP contribution is 2.45. The van der Waals surface area contributed by atoms with Crippen molar-refractivity contribution in [2.45, 2.75) is 51.2 Å². The fraction of sp³-hybridized carbons (Fsp3) is 0.706. The lowest BCUT2D eigenvalue weighted by Gasteiger charge is -2.19. The lowest BCUT2D eigenvalue weighted by molar-refractivity contribution is -0.147. The number of aromatic nitrogens is 2. The summed E-state index contributed by atoms with van der Waals surface area (Å²) >= 11 is 0. The zero-order chi connectivity index (χ0) is 23.2. The molecule has 1 unspecified atom stereocenters. The summed E-state index contributed by atoms with van der Waals surface area (Å²) in [5, 5.41) is 19.9. The van der Waals surface area contributed by atoms with E-state index in [1.807, 2.05) is 4.98 Å². The molecule has 1 aliphatic rings. The number of H-pyrrole nitrogens is 1. The maximum Gasteiger partial charge on any atom is 0.472 e. The molecule has 2 rings (SSSR count). The number of nitrogens with one attached hydrogen (secondary N) is 1. The molecule has 4 N–H and O–H groups in total. The van der Waals surface area contributed by atoms with Crippen LogP contribution in [0.5, 0.6) is 0 Å². The van der Waals surface area contributed by atoms with Crippen molar-refractivity contribution in [3.05, 3.63) is 33.1 Å².